The maximum atomic E-state index is 13.3. The molecule has 1 aromatic carbocycles. The summed E-state index contributed by atoms with van der Waals surface area (Å²) in [7, 11) is 0. The van der Waals surface area contributed by atoms with Crippen LogP contribution in [0, 0.1) is 17.7 Å². The Bertz CT molecular complexity index is 409. The second-order valence-electron chi connectivity index (χ2n) is 2.73. The zero-order chi connectivity index (χ0) is 12.0. The van der Waals surface area contributed by atoms with E-state index in [1.807, 2.05) is 0 Å². The van der Waals surface area contributed by atoms with E-state index < -0.39 is 12.4 Å². The second-order valence-corrected chi connectivity index (χ2v) is 3.11. The fourth-order valence-electron chi connectivity index (χ4n) is 1.02. The molecule has 0 aliphatic heterocycles. The molecule has 1 nitrogen and oxygen atoms in total. The van der Waals surface area contributed by atoms with Gasteiger partial charge in [0, 0.05) is 12.3 Å². The molecular formula is C11H8ClF3O. The first-order valence-corrected chi connectivity index (χ1v) is 4.96. The highest BCUT2D eigenvalue weighted by Crippen LogP contribution is 2.22. The van der Waals surface area contributed by atoms with Gasteiger partial charge in [-0.3, -0.25) is 0 Å². The minimum Gasteiger partial charge on any atom is -0.433 e. The molecule has 0 N–H and O–H groups in total. The summed E-state index contributed by atoms with van der Waals surface area (Å²) in [4.78, 5) is 0. The first-order chi connectivity index (χ1) is 7.65. The van der Waals surface area contributed by atoms with Crippen molar-refractivity contribution in [2.24, 2.45) is 0 Å². The van der Waals surface area contributed by atoms with E-state index in [0.717, 1.165) is 6.07 Å². The molecule has 0 aliphatic carbocycles. The van der Waals surface area contributed by atoms with Crippen LogP contribution in [0.25, 0.3) is 0 Å². The molecule has 16 heavy (non-hydrogen) atoms. The molecule has 0 atom stereocenters. The molecule has 86 valence electrons. The lowest BCUT2D eigenvalue weighted by Crippen LogP contribution is -2.04. The summed E-state index contributed by atoms with van der Waals surface area (Å²) >= 11 is 5.38. The van der Waals surface area contributed by atoms with E-state index >= 15 is 0 Å². The number of rotatable bonds is 3. The van der Waals surface area contributed by atoms with E-state index in [9.17, 15) is 13.2 Å². The zero-order valence-electron chi connectivity index (χ0n) is 8.14. The van der Waals surface area contributed by atoms with Crippen LogP contribution in [-0.2, 0) is 0 Å². The molecule has 0 aromatic heterocycles. The summed E-state index contributed by atoms with van der Waals surface area (Å²) in [5, 5.41) is 0. The van der Waals surface area contributed by atoms with Gasteiger partial charge in [-0.2, -0.15) is 8.78 Å². The predicted molar refractivity (Wildman–Crippen MR) is 55.2 cm³/mol. The number of alkyl halides is 3. The van der Waals surface area contributed by atoms with Crippen LogP contribution < -0.4 is 4.74 Å². The summed E-state index contributed by atoms with van der Waals surface area (Å²) in [5.41, 5.74) is -0.173. The Morgan fingerprint density at radius 2 is 2.12 bits per heavy atom. The predicted octanol–water partition coefficient (Wildman–Crippen LogP) is 3.41. The fourth-order valence-corrected chi connectivity index (χ4v) is 1.11. The molecule has 1 aromatic rings. The lowest BCUT2D eigenvalue weighted by molar-refractivity contribution is -0.0501. The van der Waals surface area contributed by atoms with Crippen molar-refractivity contribution in [3.05, 3.63) is 29.6 Å². The van der Waals surface area contributed by atoms with Crippen molar-refractivity contribution in [2.75, 3.05) is 5.88 Å². The molecule has 5 heteroatoms. The van der Waals surface area contributed by atoms with Crippen LogP contribution in [-0.4, -0.2) is 12.5 Å². The molecule has 0 unspecified atom stereocenters. The molecule has 0 radical (unpaired) electrons. The number of benzene rings is 1. The molecule has 0 saturated carbocycles. The summed E-state index contributed by atoms with van der Waals surface area (Å²) in [6.45, 7) is -3.00. The number of hydrogen-bond acceptors (Lipinski definition) is 1. The molecule has 0 bridgehead atoms. The van der Waals surface area contributed by atoms with Gasteiger partial charge in [0.2, 0.25) is 0 Å². The van der Waals surface area contributed by atoms with Crippen molar-refractivity contribution in [1.29, 1.82) is 0 Å². The van der Waals surface area contributed by atoms with Gasteiger partial charge < -0.3 is 4.74 Å². The Balaban J connectivity index is 3.00. The first-order valence-electron chi connectivity index (χ1n) is 4.43. The van der Waals surface area contributed by atoms with Crippen molar-refractivity contribution in [3.63, 3.8) is 0 Å². The molecule has 0 heterocycles. The average Bonchev–Trinajstić information content (AvgIpc) is 2.21. The summed E-state index contributed by atoms with van der Waals surface area (Å²) < 4.78 is 41.4. The largest absolute Gasteiger partial charge is 0.433 e. The molecule has 1 rings (SSSR count). The maximum Gasteiger partial charge on any atom is 0.387 e. The van der Waals surface area contributed by atoms with Gasteiger partial charge in [-0.1, -0.05) is 17.9 Å². The quantitative estimate of drug-likeness (QED) is 0.588. The Hall–Kier alpha value is -1.34. The Morgan fingerprint density at radius 1 is 1.38 bits per heavy atom. The van der Waals surface area contributed by atoms with Crippen molar-refractivity contribution < 1.29 is 17.9 Å². The lowest BCUT2D eigenvalue weighted by Gasteiger charge is -2.06. The second kappa shape index (κ2) is 6.29. The Kier molecular flexibility index (Phi) is 5.00. The molecule has 0 aliphatic rings. The van der Waals surface area contributed by atoms with Crippen LogP contribution in [0.1, 0.15) is 12.0 Å². The summed E-state index contributed by atoms with van der Waals surface area (Å²) in [5.74, 6) is 4.32. The van der Waals surface area contributed by atoms with Crippen molar-refractivity contribution in [3.8, 4) is 17.6 Å². The van der Waals surface area contributed by atoms with Gasteiger partial charge in [0.25, 0.3) is 0 Å². The topological polar surface area (TPSA) is 9.23 Å². The zero-order valence-corrected chi connectivity index (χ0v) is 8.90. The smallest absolute Gasteiger partial charge is 0.387 e. The van der Waals surface area contributed by atoms with Crippen LogP contribution in [0.3, 0.4) is 0 Å². The molecular weight excluding hydrogens is 241 g/mol. The normalized spacial score (nSPS) is 9.81. The SMILES string of the molecule is Fc1cccc(OC(F)F)c1C#CCCCl. The van der Waals surface area contributed by atoms with Gasteiger partial charge in [-0.05, 0) is 12.1 Å². The van der Waals surface area contributed by atoms with Gasteiger partial charge in [0.1, 0.15) is 17.1 Å². The van der Waals surface area contributed by atoms with Crippen LogP contribution in [0.4, 0.5) is 13.2 Å². The number of halogens is 4. The van der Waals surface area contributed by atoms with Gasteiger partial charge >= 0.3 is 6.61 Å². The standard InChI is InChI=1S/C11H8ClF3O/c12-7-2-1-4-8-9(13)5-3-6-10(8)16-11(14)15/h3,5-6,11H,2,7H2. The summed E-state index contributed by atoms with van der Waals surface area (Å²) in [6.07, 6.45) is 0.351. The monoisotopic (exact) mass is 248 g/mol. The van der Waals surface area contributed by atoms with Gasteiger partial charge in [-0.15, -0.1) is 11.6 Å². The third kappa shape index (κ3) is 3.67. The molecule has 0 saturated heterocycles. The van der Waals surface area contributed by atoms with E-state index in [1.54, 1.807) is 0 Å². The highest BCUT2D eigenvalue weighted by Gasteiger charge is 2.11. The van der Waals surface area contributed by atoms with Crippen molar-refractivity contribution >= 4 is 11.6 Å². The Labute approximate surface area is 96.2 Å². The maximum absolute atomic E-state index is 13.3. The lowest BCUT2D eigenvalue weighted by atomic mass is 10.2. The third-order valence-corrected chi connectivity index (χ3v) is 1.81. The highest BCUT2D eigenvalue weighted by atomic mass is 35.5. The van der Waals surface area contributed by atoms with Crippen LogP contribution in [0.2, 0.25) is 0 Å². The van der Waals surface area contributed by atoms with E-state index in [2.05, 4.69) is 16.6 Å². The molecule has 0 amide bonds. The first kappa shape index (κ1) is 12.7. The Morgan fingerprint density at radius 3 is 2.75 bits per heavy atom. The van der Waals surface area contributed by atoms with Crippen molar-refractivity contribution in [1.82, 2.24) is 0 Å². The fraction of sp³-hybridized carbons (Fsp3) is 0.273. The van der Waals surface area contributed by atoms with E-state index in [0.29, 0.717) is 12.3 Å². The number of hydrogen-bond donors (Lipinski definition) is 0. The van der Waals surface area contributed by atoms with Gasteiger partial charge in [0.05, 0.1) is 0 Å². The molecule has 0 spiro atoms. The minimum atomic E-state index is -3.00. The van der Waals surface area contributed by atoms with Crippen LogP contribution in [0.5, 0.6) is 5.75 Å². The molecule has 0 fully saturated rings. The average molecular weight is 249 g/mol. The van der Waals surface area contributed by atoms with Crippen molar-refractivity contribution in [2.45, 2.75) is 13.0 Å². The van der Waals surface area contributed by atoms with E-state index in [-0.39, 0.29) is 11.3 Å². The summed E-state index contributed by atoms with van der Waals surface area (Å²) in [6, 6.07) is 3.64. The van der Waals surface area contributed by atoms with Gasteiger partial charge in [-0.25, -0.2) is 4.39 Å². The third-order valence-electron chi connectivity index (χ3n) is 1.62. The van der Waals surface area contributed by atoms with Gasteiger partial charge in [0.15, 0.2) is 0 Å². The highest BCUT2D eigenvalue weighted by molar-refractivity contribution is 6.18. The minimum absolute atomic E-state index is 0.173. The number of ether oxygens (including phenoxy) is 1. The van der Waals surface area contributed by atoms with Crippen LogP contribution >= 0.6 is 11.6 Å². The van der Waals surface area contributed by atoms with Crippen LogP contribution in [0.15, 0.2) is 18.2 Å². The van der Waals surface area contributed by atoms with E-state index in [4.69, 9.17) is 11.6 Å². The van der Waals surface area contributed by atoms with E-state index in [1.165, 1.54) is 12.1 Å².